The van der Waals surface area contributed by atoms with Crippen molar-refractivity contribution in [3.63, 3.8) is 0 Å². The first kappa shape index (κ1) is 13.6. The summed E-state index contributed by atoms with van der Waals surface area (Å²) in [5, 5.41) is 6.91. The lowest BCUT2D eigenvalue weighted by molar-refractivity contribution is 0.233. The van der Waals surface area contributed by atoms with Crippen molar-refractivity contribution in [2.24, 2.45) is 5.10 Å². The Morgan fingerprint density at radius 2 is 2.11 bits per heavy atom. The average molecular weight is 259 g/mol. The maximum absolute atomic E-state index is 11.6. The number of aryl methyl sites for hydroxylation is 1. The van der Waals surface area contributed by atoms with Gasteiger partial charge in [-0.25, -0.2) is 10.2 Å². The lowest BCUT2D eigenvalue weighted by Crippen LogP contribution is -2.41. The SMILES string of the molecule is Cc1cccc(/C=N\NC(=O)NC2CCCCC2)c1. The fraction of sp³-hybridized carbons (Fsp3) is 0.467. The van der Waals surface area contributed by atoms with Crippen LogP contribution in [0.5, 0.6) is 0 Å². The molecule has 0 bridgehead atoms. The van der Waals surface area contributed by atoms with Gasteiger partial charge in [0.2, 0.25) is 0 Å². The molecule has 2 rings (SSSR count). The first-order valence-corrected chi connectivity index (χ1v) is 6.90. The third-order valence-corrected chi connectivity index (χ3v) is 3.36. The van der Waals surface area contributed by atoms with Crippen LogP contribution < -0.4 is 10.7 Å². The number of carbonyl (C=O) groups is 1. The molecule has 0 spiro atoms. The van der Waals surface area contributed by atoms with Crippen LogP contribution in [0.3, 0.4) is 0 Å². The number of rotatable bonds is 3. The molecule has 0 atom stereocenters. The van der Waals surface area contributed by atoms with Crippen molar-refractivity contribution in [3.05, 3.63) is 35.4 Å². The molecule has 2 N–H and O–H groups in total. The Morgan fingerprint density at radius 1 is 1.32 bits per heavy atom. The van der Waals surface area contributed by atoms with E-state index in [1.807, 2.05) is 31.2 Å². The Kier molecular flexibility index (Phi) is 4.95. The molecule has 1 aromatic carbocycles. The standard InChI is InChI=1S/C15H21N3O/c1-12-6-5-7-13(10-12)11-16-18-15(19)17-14-8-3-2-4-9-14/h5-7,10-11,14H,2-4,8-9H2,1H3,(H2,17,18,19)/b16-11-. The predicted octanol–water partition coefficient (Wildman–Crippen LogP) is 2.96. The number of hydrogen-bond donors (Lipinski definition) is 2. The summed E-state index contributed by atoms with van der Waals surface area (Å²) in [6, 6.07) is 8.07. The van der Waals surface area contributed by atoms with E-state index in [0.717, 1.165) is 18.4 Å². The van der Waals surface area contributed by atoms with Crippen LogP contribution in [0.2, 0.25) is 0 Å². The molecule has 0 heterocycles. The molecule has 1 aromatic rings. The predicted molar refractivity (Wildman–Crippen MR) is 77.3 cm³/mol. The van der Waals surface area contributed by atoms with Gasteiger partial charge in [-0.1, -0.05) is 49.1 Å². The van der Waals surface area contributed by atoms with Crippen LogP contribution in [0, 0.1) is 6.92 Å². The Labute approximate surface area is 114 Å². The highest BCUT2D eigenvalue weighted by molar-refractivity contribution is 5.82. The van der Waals surface area contributed by atoms with E-state index >= 15 is 0 Å². The van der Waals surface area contributed by atoms with E-state index in [1.165, 1.54) is 24.8 Å². The van der Waals surface area contributed by atoms with E-state index < -0.39 is 0 Å². The fourth-order valence-electron chi connectivity index (χ4n) is 2.38. The van der Waals surface area contributed by atoms with Crippen LogP contribution >= 0.6 is 0 Å². The molecule has 2 amide bonds. The molecule has 102 valence electrons. The van der Waals surface area contributed by atoms with Gasteiger partial charge in [0.05, 0.1) is 6.21 Å². The van der Waals surface area contributed by atoms with Crippen LogP contribution in [0.25, 0.3) is 0 Å². The molecule has 1 aliphatic carbocycles. The van der Waals surface area contributed by atoms with Crippen molar-refractivity contribution in [1.29, 1.82) is 0 Å². The van der Waals surface area contributed by atoms with E-state index in [0.29, 0.717) is 6.04 Å². The summed E-state index contributed by atoms with van der Waals surface area (Å²) in [7, 11) is 0. The van der Waals surface area contributed by atoms with Gasteiger partial charge in [0.1, 0.15) is 0 Å². The molecule has 4 nitrogen and oxygen atoms in total. The average Bonchev–Trinajstić information content (AvgIpc) is 2.40. The summed E-state index contributed by atoms with van der Waals surface area (Å²) in [5.74, 6) is 0. The summed E-state index contributed by atoms with van der Waals surface area (Å²) in [6.07, 6.45) is 7.51. The minimum Gasteiger partial charge on any atom is -0.334 e. The van der Waals surface area contributed by atoms with Gasteiger partial charge in [0.25, 0.3) is 0 Å². The fourth-order valence-corrected chi connectivity index (χ4v) is 2.38. The summed E-state index contributed by atoms with van der Waals surface area (Å²) in [5.41, 5.74) is 4.68. The third-order valence-electron chi connectivity index (χ3n) is 3.36. The minimum absolute atomic E-state index is 0.212. The number of amides is 2. The molecule has 1 fully saturated rings. The number of hydrazone groups is 1. The first-order chi connectivity index (χ1) is 9.24. The molecule has 0 unspecified atom stereocenters. The Balaban J connectivity index is 1.76. The topological polar surface area (TPSA) is 53.5 Å². The quantitative estimate of drug-likeness (QED) is 0.636. The van der Waals surface area contributed by atoms with E-state index in [4.69, 9.17) is 0 Å². The zero-order valence-electron chi connectivity index (χ0n) is 11.4. The van der Waals surface area contributed by atoms with Gasteiger partial charge in [-0.3, -0.25) is 0 Å². The highest BCUT2D eigenvalue weighted by atomic mass is 16.2. The number of carbonyl (C=O) groups excluding carboxylic acids is 1. The summed E-state index contributed by atoms with van der Waals surface area (Å²) >= 11 is 0. The highest BCUT2D eigenvalue weighted by Crippen LogP contribution is 2.17. The molecule has 1 aliphatic rings. The Morgan fingerprint density at radius 3 is 2.84 bits per heavy atom. The minimum atomic E-state index is -0.212. The Hall–Kier alpha value is -1.84. The van der Waals surface area contributed by atoms with Crippen LogP contribution in [0.15, 0.2) is 29.4 Å². The molecule has 0 aliphatic heterocycles. The lowest BCUT2D eigenvalue weighted by atomic mass is 9.96. The van der Waals surface area contributed by atoms with Crippen molar-refractivity contribution >= 4 is 12.2 Å². The molecule has 0 saturated heterocycles. The van der Waals surface area contributed by atoms with E-state index in [9.17, 15) is 4.79 Å². The zero-order valence-corrected chi connectivity index (χ0v) is 11.4. The zero-order chi connectivity index (χ0) is 13.5. The number of hydrogen-bond acceptors (Lipinski definition) is 2. The van der Waals surface area contributed by atoms with Crippen LogP contribution in [-0.4, -0.2) is 18.3 Å². The monoisotopic (exact) mass is 259 g/mol. The van der Waals surface area contributed by atoms with Crippen LogP contribution in [0.1, 0.15) is 43.2 Å². The molecule has 1 saturated carbocycles. The number of nitrogens with zero attached hydrogens (tertiary/aromatic N) is 1. The first-order valence-electron chi connectivity index (χ1n) is 6.90. The van der Waals surface area contributed by atoms with Gasteiger partial charge in [-0.2, -0.15) is 5.10 Å². The van der Waals surface area contributed by atoms with E-state index in [2.05, 4.69) is 15.8 Å². The Bertz CT molecular complexity index is 450. The summed E-state index contributed by atoms with van der Waals surface area (Å²) in [4.78, 5) is 11.6. The van der Waals surface area contributed by atoms with Crippen molar-refractivity contribution in [3.8, 4) is 0 Å². The molecule has 4 heteroatoms. The van der Waals surface area contributed by atoms with Gasteiger partial charge in [0, 0.05) is 6.04 Å². The maximum Gasteiger partial charge on any atom is 0.335 e. The van der Waals surface area contributed by atoms with Gasteiger partial charge in [-0.15, -0.1) is 0 Å². The highest BCUT2D eigenvalue weighted by Gasteiger charge is 2.14. The van der Waals surface area contributed by atoms with E-state index in [-0.39, 0.29) is 6.03 Å². The molecule has 19 heavy (non-hydrogen) atoms. The lowest BCUT2D eigenvalue weighted by Gasteiger charge is -2.22. The maximum atomic E-state index is 11.6. The molecular weight excluding hydrogens is 238 g/mol. The number of nitrogens with one attached hydrogen (secondary N) is 2. The normalized spacial score (nSPS) is 16.5. The molecular formula is C15H21N3O. The van der Waals surface area contributed by atoms with Crippen LogP contribution in [0.4, 0.5) is 4.79 Å². The second-order valence-corrected chi connectivity index (χ2v) is 5.09. The number of benzene rings is 1. The molecule has 0 radical (unpaired) electrons. The van der Waals surface area contributed by atoms with Gasteiger partial charge < -0.3 is 5.32 Å². The van der Waals surface area contributed by atoms with Crippen molar-refractivity contribution < 1.29 is 4.79 Å². The summed E-state index contributed by atoms with van der Waals surface area (Å²) < 4.78 is 0. The van der Waals surface area contributed by atoms with Gasteiger partial charge >= 0.3 is 6.03 Å². The summed E-state index contributed by atoms with van der Waals surface area (Å²) in [6.45, 7) is 2.03. The number of urea groups is 1. The second kappa shape index (κ2) is 6.92. The molecule has 0 aromatic heterocycles. The van der Waals surface area contributed by atoms with Gasteiger partial charge in [-0.05, 0) is 25.3 Å². The third kappa shape index (κ3) is 4.73. The smallest absolute Gasteiger partial charge is 0.334 e. The van der Waals surface area contributed by atoms with Crippen molar-refractivity contribution in [1.82, 2.24) is 10.7 Å². The second-order valence-electron chi connectivity index (χ2n) is 5.09. The van der Waals surface area contributed by atoms with Gasteiger partial charge in [0.15, 0.2) is 0 Å². The largest absolute Gasteiger partial charge is 0.335 e. The van der Waals surface area contributed by atoms with Crippen LogP contribution in [-0.2, 0) is 0 Å². The van der Waals surface area contributed by atoms with Crippen molar-refractivity contribution in [2.75, 3.05) is 0 Å². The van der Waals surface area contributed by atoms with E-state index in [1.54, 1.807) is 6.21 Å². The van der Waals surface area contributed by atoms with Crippen molar-refractivity contribution in [2.45, 2.75) is 45.1 Å².